The lowest BCUT2D eigenvalue weighted by molar-refractivity contribution is 0.242. The van der Waals surface area contributed by atoms with Crippen molar-refractivity contribution in [2.45, 2.75) is 38.1 Å². The molecule has 1 aliphatic carbocycles. The van der Waals surface area contributed by atoms with Gasteiger partial charge in [-0.05, 0) is 37.9 Å². The fourth-order valence-electron chi connectivity index (χ4n) is 2.76. The topological polar surface area (TPSA) is 67.6 Å². The minimum Gasteiger partial charge on any atom is -0.495 e. The van der Waals surface area contributed by atoms with Crippen molar-refractivity contribution < 1.29 is 9.53 Å². The normalized spacial score (nSPS) is 15.0. The molecule has 0 radical (unpaired) electrons. The first-order valence-corrected chi connectivity index (χ1v) is 7.67. The number of amides is 2. The van der Waals surface area contributed by atoms with Crippen molar-refractivity contribution in [2.75, 3.05) is 25.1 Å². The first-order valence-electron chi connectivity index (χ1n) is 7.67. The summed E-state index contributed by atoms with van der Waals surface area (Å²) in [7, 11) is 1.62. The first-order chi connectivity index (χ1) is 10.3. The molecule has 0 heterocycles. The number of nitrogens with one attached hydrogen (secondary N) is 1. The van der Waals surface area contributed by atoms with E-state index in [9.17, 15) is 4.79 Å². The summed E-state index contributed by atoms with van der Waals surface area (Å²) in [5.74, 6) is 0.705. The molecule has 5 heteroatoms. The average molecular weight is 291 g/mol. The van der Waals surface area contributed by atoms with Gasteiger partial charge in [-0.25, -0.2) is 4.79 Å². The molecular formula is C16H25N3O2. The van der Waals surface area contributed by atoms with Crippen molar-refractivity contribution in [3.63, 3.8) is 0 Å². The van der Waals surface area contributed by atoms with Gasteiger partial charge < -0.3 is 15.8 Å². The highest BCUT2D eigenvalue weighted by molar-refractivity contribution is 5.93. The van der Waals surface area contributed by atoms with Crippen LogP contribution in [-0.4, -0.2) is 32.3 Å². The zero-order valence-electron chi connectivity index (χ0n) is 12.7. The van der Waals surface area contributed by atoms with E-state index in [-0.39, 0.29) is 6.03 Å². The number of anilines is 1. The van der Waals surface area contributed by atoms with Crippen molar-refractivity contribution in [3.8, 4) is 5.75 Å². The maximum atomic E-state index is 12.6. The molecule has 0 bridgehead atoms. The van der Waals surface area contributed by atoms with E-state index >= 15 is 0 Å². The van der Waals surface area contributed by atoms with Crippen molar-refractivity contribution in [2.24, 2.45) is 5.73 Å². The molecule has 21 heavy (non-hydrogen) atoms. The quantitative estimate of drug-likeness (QED) is 0.846. The van der Waals surface area contributed by atoms with Gasteiger partial charge in [-0.1, -0.05) is 25.0 Å². The molecule has 2 amide bonds. The molecule has 5 nitrogen and oxygen atoms in total. The van der Waals surface area contributed by atoms with E-state index in [0.29, 0.717) is 24.9 Å². The molecule has 0 aliphatic heterocycles. The molecule has 1 aromatic carbocycles. The number of carbonyl (C=O) groups excluding carboxylic acids is 1. The van der Waals surface area contributed by atoms with Crippen LogP contribution in [0.25, 0.3) is 0 Å². The molecule has 1 aliphatic rings. The Labute approximate surface area is 126 Å². The molecule has 0 spiro atoms. The monoisotopic (exact) mass is 291 g/mol. The fraction of sp³-hybridized carbons (Fsp3) is 0.562. The summed E-state index contributed by atoms with van der Waals surface area (Å²) in [5.41, 5.74) is 6.39. The van der Waals surface area contributed by atoms with Gasteiger partial charge in [0.2, 0.25) is 0 Å². The molecule has 3 N–H and O–H groups in total. The van der Waals surface area contributed by atoms with Crippen molar-refractivity contribution in [1.29, 1.82) is 0 Å². The van der Waals surface area contributed by atoms with Gasteiger partial charge in [0, 0.05) is 12.6 Å². The Morgan fingerprint density at radius 3 is 2.76 bits per heavy atom. The zero-order valence-corrected chi connectivity index (χ0v) is 12.7. The van der Waals surface area contributed by atoms with Crippen LogP contribution in [0.5, 0.6) is 5.75 Å². The summed E-state index contributed by atoms with van der Waals surface area (Å²) in [6.07, 6.45) is 5.30. The number of hydrogen-bond donors (Lipinski definition) is 2. The van der Waals surface area contributed by atoms with Gasteiger partial charge in [-0.15, -0.1) is 0 Å². The molecule has 0 saturated heterocycles. The molecule has 1 saturated carbocycles. The molecule has 116 valence electrons. The summed E-state index contributed by atoms with van der Waals surface area (Å²) >= 11 is 0. The van der Waals surface area contributed by atoms with Gasteiger partial charge in [0.05, 0.1) is 12.8 Å². The number of ether oxygens (including phenoxy) is 1. The number of nitrogens with two attached hydrogens (primary N) is 1. The molecular weight excluding hydrogens is 266 g/mol. The standard InChI is InChI=1S/C16H25N3O2/c1-21-15-10-5-4-9-14(15)19(12-6-11-17)16(20)18-13-7-2-3-8-13/h4-5,9-10,13H,2-3,6-8,11-12,17H2,1H3,(H,18,20). The van der Waals surface area contributed by atoms with Gasteiger partial charge >= 0.3 is 6.03 Å². The van der Waals surface area contributed by atoms with Crippen LogP contribution in [-0.2, 0) is 0 Å². The van der Waals surface area contributed by atoms with E-state index in [1.165, 1.54) is 12.8 Å². The Bertz CT molecular complexity index is 459. The number of carbonyl (C=O) groups is 1. The summed E-state index contributed by atoms with van der Waals surface area (Å²) in [5, 5.41) is 3.13. The SMILES string of the molecule is COc1ccccc1N(CCCN)C(=O)NC1CCCC1. The summed E-state index contributed by atoms with van der Waals surface area (Å²) in [6.45, 7) is 1.15. The Hall–Kier alpha value is -1.75. The summed E-state index contributed by atoms with van der Waals surface area (Å²) < 4.78 is 5.37. The van der Waals surface area contributed by atoms with Crippen molar-refractivity contribution in [1.82, 2.24) is 5.32 Å². The Balaban J connectivity index is 2.14. The predicted molar refractivity (Wildman–Crippen MR) is 84.8 cm³/mol. The highest BCUT2D eigenvalue weighted by atomic mass is 16.5. The third-order valence-electron chi connectivity index (χ3n) is 3.89. The fourth-order valence-corrected chi connectivity index (χ4v) is 2.76. The number of rotatable bonds is 6. The number of nitrogens with zero attached hydrogens (tertiary/aromatic N) is 1. The van der Waals surface area contributed by atoms with Crippen LogP contribution < -0.4 is 20.7 Å². The Morgan fingerprint density at radius 1 is 1.38 bits per heavy atom. The van der Waals surface area contributed by atoms with Crippen LogP contribution in [0, 0.1) is 0 Å². The van der Waals surface area contributed by atoms with E-state index in [1.807, 2.05) is 24.3 Å². The minimum absolute atomic E-state index is 0.0557. The van der Waals surface area contributed by atoms with Crippen molar-refractivity contribution in [3.05, 3.63) is 24.3 Å². The molecule has 1 aromatic rings. The van der Waals surface area contributed by atoms with Crippen LogP contribution >= 0.6 is 0 Å². The smallest absolute Gasteiger partial charge is 0.322 e. The van der Waals surface area contributed by atoms with Gasteiger partial charge in [0.15, 0.2) is 0 Å². The molecule has 0 atom stereocenters. The molecule has 0 aromatic heterocycles. The largest absolute Gasteiger partial charge is 0.495 e. The lowest BCUT2D eigenvalue weighted by Crippen LogP contribution is -2.45. The number of methoxy groups -OCH3 is 1. The maximum Gasteiger partial charge on any atom is 0.322 e. The highest BCUT2D eigenvalue weighted by Gasteiger charge is 2.23. The van der Waals surface area contributed by atoms with Gasteiger partial charge in [0.1, 0.15) is 5.75 Å². The van der Waals surface area contributed by atoms with Crippen LogP contribution in [0.3, 0.4) is 0 Å². The second kappa shape index (κ2) is 7.88. The van der Waals surface area contributed by atoms with Crippen LogP contribution in [0.4, 0.5) is 10.5 Å². The lowest BCUT2D eigenvalue weighted by Gasteiger charge is -2.26. The van der Waals surface area contributed by atoms with Crippen molar-refractivity contribution >= 4 is 11.7 Å². The van der Waals surface area contributed by atoms with E-state index in [4.69, 9.17) is 10.5 Å². The molecule has 1 fully saturated rings. The number of hydrogen-bond acceptors (Lipinski definition) is 3. The van der Waals surface area contributed by atoms with Crippen LogP contribution in [0.15, 0.2) is 24.3 Å². The average Bonchev–Trinajstić information content (AvgIpc) is 3.01. The third kappa shape index (κ3) is 4.11. The first kappa shape index (κ1) is 15.6. The van der Waals surface area contributed by atoms with Gasteiger partial charge in [0.25, 0.3) is 0 Å². The van der Waals surface area contributed by atoms with Crippen LogP contribution in [0.1, 0.15) is 32.1 Å². The Kier molecular flexibility index (Phi) is 5.87. The van der Waals surface area contributed by atoms with Gasteiger partial charge in [-0.3, -0.25) is 4.90 Å². The number of urea groups is 1. The zero-order chi connectivity index (χ0) is 15.1. The second-order valence-corrected chi connectivity index (χ2v) is 5.40. The second-order valence-electron chi connectivity index (χ2n) is 5.40. The van der Waals surface area contributed by atoms with E-state index in [1.54, 1.807) is 12.0 Å². The maximum absolute atomic E-state index is 12.6. The number of benzene rings is 1. The lowest BCUT2D eigenvalue weighted by atomic mass is 10.2. The van der Waals surface area contributed by atoms with E-state index < -0.39 is 0 Å². The third-order valence-corrected chi connectivity index (χ3v) is 3.89. The summed E-state index contributed by atoms with van der Waals surface area (Å²) in [4.78, 5) is 14.3. The summed E-state index contributed by atoms with van der Waals surface area (Å²) in [6, 6.07) is 7.83. The van der Waals surface area contributed by atoms with Crippen LogP contribution in [0.2, 0.25) is 0 Å². The van der Waals surface area contributed by atoms with E-state index in [0.717, 1.165) is 24.9 Å². The minimum atomic E-state index is -0.0557. The predicted octanol–water partition coefficient (Wildman–Crippen LogP) is 2.50. The Morgan fingerprint density at radius 2 is 2.10 bits per heavy atom. The highest BCUT2D eigenvalue weighted by Crippen LogP contribution is 2.28. The van der Waals surface area contributed by atoms with Gasteiger partial charge in [-0.2, -0.15) is 0 Å². The number of para-hydroxylation sites is 2. The molecule has 2 rings (SSSR count). The van der Waals surface area contributed by atoms with E-state index in [2.05, 4.69) is 5.32 Å². The molecule has 0 unspecified atom stereocenters.